The van der Waals surface area contributed by atoms with Gasteiger partial charge < -0.3 is 24.9 Å². The minimum Gasteiger partial charge on any atom is -0.494 e. The van der Waals surface area contributed by atoms with Crippen LogP contribution in [0.15, 0.2) is 36.5 Å². The van der Waals surface area contributed by atoms with Gasteiger partial charge in [0.15, 0.2) is 5.88 Å². The van der Waals surface area contributed by atoms with Crippen LogP contribution < -0.4 is 5.32 Å². The molecule has 8 heteroatoms. The molecule has 0 radical (unpaired) electrons. The van der Waals surface area contributed by atoms with Crippen LogP contribution in [-0.4, -0.2) is 72.4 Å². The lowest BCUT2D eigenvalue weighted by atomic mass is 10.1. The van der Waals surface area contributed by atoms with Gasteiger partial charge in [0.2, 0.25) is 0 Å². The zero-order valence-corrected chi connectivity index (χ0v) is 17.0. The minimum absolute atomic E-state index is 0.0374. The van der Waals surface area contributed by atoms with E-state index in [9.17, 15) is 9.90 Å². The van der Waals surface area contributed by atoms with Crippen molar-refractivity contribution >= 4 is 16.8 Å². The number of pyridine rings is 1. The summed E-state index contributed by atoms with van der Waals surface area (Å²) in [5, 5.41) is 14.0. The Labute approximate surface area is 174 Å². The second kappa shape index (κ2) is 9.25. The maximum absolute atomic E-state index is 12.4. The van der Waals surface area contributed by atoms with Gasteiger partial charge in [-0.15, -0.1) is 0 Å². The van der Waals surface area contributed by atoms with Gasteiger partial charge in [-0.2, -0.15) is 0 Å². The molecular weight excluding hydrogens is 384 g/mol. The largest absolute Gasteiger partial charge is 0.494 e. The molecule has 1 fully saturated rings. The van der Waals surface area contributed by atoms with Gasteiger partial charge in [0.25, 0.3) is 5.91 Å². The maximum atomic E-state index is 12.4. The van der Waals surface area contributed by atoms with Gasteiger partial charge in [-0.3, -0.25) is 14.7 Å². The topological polar surface area (TPSA) is 99.7 Å². The highest BCUT2D eigenvalue weighted by atomic mass is 16.5. The molecule has 1 amide bonds. The predicted octanol–water partition coefficient (Wildman–Crippen LogP) is 2.14. The van der Waals surface area contributed by atoms with Crippen LogP contribution in [0.5, 0.6) is 5.88 Å². The Bertz CT molecular complexity index is 1010. The van der Waals surface area contributed by atoms with E-state index < -0.39 is 0 Å². The number of carbonyl (C=O) groups is 1. The summed E-state index contributed by atoms with van der Waals surface area (Å²) in [5.74, 6) is -0.148. The summed E-state index contributed by atoms with van der Waals surface area (Å²) in [7, 11) is 1.59. The fourth-order valence-corrected chi connectivity index (χ4v) is 3.63. The minimum atomic E-state index is -0.186. The molecular formula is C22H26N4O4. The van der Waals surface area contributed by atoms with Crippen molar-refractivity contribution in [3.63, 3.8) is 0 Å². The molecule has 30 heavy (non-hydrogen) atoms. The molecule has 158 valence electrons. The van der Waals surface area contributed by atoms with E-state index in [2.05, 4.69) is 20.2 Å². The Morgan fingerprint density at radius 1 is 1.30 bits per heavy atom. The molecule has 2 aromatic heterocycles. The highest BCUT2D eigenvalue weighted by molar-refractivity contribution is 6.03. The summed E-state index contributed by atoms with van der Waals surface area (Å²) >= 11 is 0. The summed E-state index contributed by atoms with van der Waals surface area (Å²) in [4.78, 5) is 22.3. The van der Waals surface area contributed by atoms with Crippen LogP contribution in [0.4, 0.5) is 0 Å². The summed E-state index contributed by atoms with van der Waals surface area (Å²) in [6.45, 7) is 5.06. The average Bonchev–Trinajstić information content (AvgIpc) is 3.10. The fourth-order valence-electron chi connectivity index (χ4n) is 3.63. The van der Waals surface area contributed by atoms with E-state index >= 15 is 0 Å². The van der Waals surface area contributed by atoms with Gasteiger partial charge in [-0.25, -0.2) is 0 Å². The van der Waals surface area contributed by atoms with Crippen molar-refractivity contribution in [1.29, 1.82) is 0 Å². The van der Waals surface area contributed by atoms with E-state index in [1.165, 1.54) is 0 Å². The van der Waals surface area contributed by atoms with Crippen molar-refractivity contribution < 1.29 is 19.4 Å². The predicted molar refractivity (Wildman–Crippen MR) is 113 cm³/mol. The molecule has 0 saturated carbocycles. The highest BCUT2D eigenvalue weighted by Gasteiger charge is 2.17. The molecule has 8 nitrogen and oxygen atoms in total. The SMILES string of the molecule is COCCNC(=O)c1ccc2[nH]c(O)c(-c3ccc(CN4CCOCC4)cn3)c2c1. The second-order valence-corrected chi connectivity index (χ2v) is 7.30. The molecule has 1 aliphatic rings. The lowest BCUT2D eigenvalue weighted by Gasteiger charge is -2.26. The molecule has 4 rings (SSSR count). The van der Waals surface area contributed by atoms with E-state index in [4.69, 9.17) is 9.47 Å². The first-order valence-electron chi connectivity index (χ1n) is 10.0. The van der Waals surface area contributed by atoms with Gasteiger partial charge in [0, 0.05) is 56.0 Å². The number of hydrogen-bond donors (Lipinski definition) is 3. The first-order valence-corrected chi connectivity index (χ1v) is 10.0. The van der Waals surface area contributed by atoms with Gasteiger partial charge in [-0.05, 0) is 29.8 Å². The Kier molecular flexibility index (Phi) is 6.27. The van der Waals surface area contributed by atoms with Crippen molar-refractivity contribution in [1.82, 2.24) is 20.2 Å². The molecule has 0 aliphatic carbocycles. The quantitative estimate of drug-likeness (QED) is 0.516. The first-order chi connectivity index (χ1) is 14.7. The number of amides is 1. The molecule has 0 unspecified atom stereocenters. The number of methoxy groups -OCH3 is 1. The average molecular weight is 410 g/mol. The van der Waals surface area contributed by atoms with Gasteiger partial charge >= 0.3 is 0 Å². The number of rotatable bonds is 7. The standard InChI is InChI=1S/C22H26N4O4/c1-29-9-6-23-21(27)16-3-5-18-17(12-16)20(22(28)25-18)19-4-2-15(13-24-19)14-26-7-10-30-11-8-26/h2-5,12-13,25,28H,6-11,14H2,1H3,(H,23,27). The number of nitrogens with zero attached hydrogens (tertiary/aromatic N) is 2. The number of H-pyrrole nitrogens is 1. The van der Waals surface area contributed by atoms with Crippen LogP contribution in [0.3, 0.4) is 0 Å². The molecule has 0 atom stereocenters. The van der Waals surface area contributed by atoms with E-state index in [1.54, 1.807) is 25.3 Å². The Hall–Kier alpha value is -2.94. The van der Waals surface area contributed by atoms with E-state index in [1.807, 2.05) is 18.3 Å². The molecule has 1 saturated heterocycles. The summed E-state index contributed by atoms with van der Waals surface area (Å²) < 4.78 is 10.4. The zero-order valence-electron chi connectivity index (χ0n) is 17.0. The summed E-state index contributed by atoms with van der Waals surface area (Å²) in [6, 6.07) is 9.22. The number of benzene rings is 1. The smallest absolute Gasteiger partial charge is 0.251 e. The number of nitrogens with one attached hydrogen (secondary N) is 2. The molecule has 0 spiro atoms. The Morgan fingerprint density at radius 3 is 2.87 bits per heavy atom. The summed E-state index contributed by atoms with van der Waals surface area (Å²) in [6.07, 6.45) is 1.84. The van der Waals surface area contributed by atoms with E-state index in [-0.39, 0.29) is 11.8 Å². The van der Waals surface area contributed by atoms with Crippen LogP contribution in [-0.2, 0) is 16.0 Å². The second-order valence-electron chi connectivity index (χ2n) is 7.30. The Balaban J connectivity index is 1.57. The van der Waals surface area contributed by atoms with Gasteiger partial charge in [-0.1, -0.05) is 6.07 Å². The fraction of sp³-hybridized carbons (Fsp3) is 0.364. The van der Waals surface area contributed by atoms with Crippen molar-refractivity contribution in [2.45, 2.75) is 6.54 Å². The van der Waals surface area contributed by atoms with Gasteiger partial charge in [0.05, 0.1) is 31.1 Å². The number of aromatic hydroxyl groups is 1. The van der Waals surface area contributed by atoms with Crippen LogP contribution in [0, 0.1) is 0 Å². The summed E-state index contributed by atoms with van der Waals surface area (Å²) in [5.41, 5.74) is 3.62. The molecule has 3 N–H and O–H groups in total. The third-order valence-electron chi connectivity index (χ3n) is 5.22. The van der Waals surface area contributed by atoms with Gasteiger partial charge in [0.1, 0.15) is 0 Å². The lowest BCUT2D eigenvalue weighted by molar-refractivity contribution is 0.0341. The number of carbonyl (C=O) groups excluding carboxylic acids is 1. The third-order valence-corrected chi connectivity index (χ3v) is 5.22. The molecule has 3 heterocycles. The molecule has 1 aliphatic heterocycles. The molecule has 0 bridgehead atoms. The van der Waals surface area contributed by atoms with E-state index in [0.29, 0.717) is 30.0 Å². The number of fused-ring (bicyclic) bond motifs is 1. The van der Waals surface area contributed by atoms with Crippen LogP contribution in [0.1, 0.15) is 15.9 Å². The van der Waals surface area contributed by atoms with Crippen molar-refractivity contribution in [3.8, 4) is 17.1 Å². The van der Waals surface area contributed by atoms with E-state index in [0.717, 1.165) is 49.3 Å². The van der Waals surface area contributed by atoms with Crippen LogP contribution >= 0.6 is 0 Å². The van der Waals surface area contributed by atoms with Crippen LogP contribution in [0.2, 0.25) is 0 Å². The first kappa shape index (κ1) is 20.3. The number of hydrogen-bond acceptors (Lipinski definition) is 6. The normalized spacial score (nSPS) is 14.8. The number of ether oxygens (including phenoxy) is 2. The molecule has 1 aromatic carbocycles. The Morgan fingerprint density at radius 2 is 2.13 bits per heavy atom. The maximum Gasteiger partial charge on any atom is 0.251 e. The number of aromatic nitrogens is 2. The zero-order chi connectivity index (χ0) is 20.9. The number of morpholine rings is 1. The third kappa shape index (κ3) is 4.46. The van der Waals surface area contributed by atoms with Crippen molar-refractivity contribution in [2.24, 2.45) is 0 Å². The van der Waals surface area contributed by atoms with Crippen LogP contribution in [0.25, 0.3) is 22.2 Å². The number of aromatic amines is 1. The van der Waals surface area contributed by atoms with Crippen molar-refractivity contribution in [2.75, 3.05) is 46.6 Å². The van der Waals surface area contributed by atoms with Crippen molar-refractivity contribution in [3.05, 3.63) is 47.7 Å². The lowest BCUT2D eigenvalue weighted by Crippen LogP contribution is -2.35. The highest BCUT2D eigenvalue weighted by Crippen LogP contribution is 2.36. The molecule has 3 aromatic rings. The monoisotopic (exact) mass is 410 g/mol.